The number of nitrogens with one attached hydrogen (secondary N) is 1. The first-order valence-electron chi connectivity index (χ1n) is 9.38. The van der Waals surface area contributed by atoms with Gasteiger partial charge in [0.15, 0.2) is 5.16 Å². The average molecular weight is 444 g/mol. The van der Waals surface area contributed by atoms with Gasteiger partial charge in [0.05, 0.1) is 22.8 Å². The Bertz CT molecular complexity index is 1380. The zero-order valence-electron chi connectivity index (χ0n) is 16.6. The monoisotopic (exact) mass is 443 g/mol. The van der Waals surface area contributed by atoms with E-state index in [0.717, 1.165) is 23.0 Å². The molecule has 0 spiro atoms. The van der Waals surface area contributed by atoms with E-state index in [-0.39, 0.29) is 5.56 Å². The number of sulfonamides is 1. The molecule has 0 amide bonds. The summed E-state index contributed by atoms with van der Waals surface area (Å²) in [6, 6.07) is 15.1. The van der Waals surface area contributed by atoms with Crippen molar-refractivity contribution in [2.75, 3.05) is 18.6 Å². The number of nitrogens with zero attached hydrogens (tertiary/aromatic N) is 4. The highest BCUT2D eigenvalue weighted by Crippen LogP contribution is 2.23. The summed E-state index contributed by atoms with van der Waals surface area (Å²) >= 11 is 1.47. The van der Waals surface area contributed by atoms with E-state index in [0.29, 0.717) is 35.0 Å². The van der Waals surface area contributed by atoms with Gasteiger partial charge in [0, 0.05) is 12.3 Å². The Labute approximate surface area is 178 Å². The minimum atomic E-state index is -3.20. The number of rotatable bonds is 7. The van der Waals surface area contributed by atoms with Crippen molar-refractivity contribution in [1.29, 1.82) is 0 Å². The van der Waals surface area contributed by atoms with Gasteiger partial charge in [0.2, 0.25) is 15.8 Å². The number of benzene rings is 2. The molecule has 2 aromatic carbocycles. The SMILES string of the molecule is Cc1ccc(-n2c(=O)c3ccccc3n3c(SCCCNS(C)(=O)=O)nnc23)cc1. The summed E-state index contributed by atoms with van der Waals surface area (Å²) in [5.74, 6) is 1.10. The minimum absolute atomic E-state index is 0.150. The molecule has 0 fully saturated rings. The lowest BCUT2D eigenvalue weighted by Crippen LogP contribution is -2.23. The van der Waals surface area contributed by atoms with Crippen molar-refractivity contribution in [3.8, 4) is 5.69 Å². The standard InChI is InChI=1S/C20H21N5O3S2/c1-14-8-10-15(11-9-14)24-18(26)16-6-3-4-7-17(16)25-19(24)22-23-20(25)29-13-5-12-21-30(2,27)28/h3-4,6-11,21H,5,12-13H2,1-2H3. The number of thioether (sulfide) groups is 1. The Morgan fingerprint density at radius 1 is 1.07 bits per heavy atom. The fraction of sp³-hybridized carbons (Fsp3) is 0.250. The van der Waals surface area contributed by atoms with Crippen LogP contribution in [0.15, 0.2) is 58.5 Å². The second-order valence-corrected chi connectivity index (χ2v) is 9.87. The topological polar surface area (TPSA) is 98.4 Å². The van der Waals surface area contributed by atoms with Crippen LogP contribution in [0.3, 0.4) is 0 Å². The predicted molar refractivity (Wildman–Crippen MR) is 119 cm³/mol. The Kier molecular flexibility index (Phi) is 5.63. The van der Waals surface area contributed by atoms with Crippen molar-refractivity contribution in [3.63, 3.8) is 0 Å². The molecule has 1 N–H and O–H groups in total. The summed E-state index contributed by atoms with van der Waals surface area (Å²) in [5.41, 5.74) is 2.41. The lowest BCUT2D eigenvalue weighted by Gasteiger charge is -2.11. The molecule has 0 bridgehead atoms. The lowest BCUT2D eigenvalue weighted by atomic mass is 10.2. The van der Waals surface area contributed by atoms with Crippen LogP contribution in [0.4, 0.5) is 0 Å². The summed E-state index contributed by atoms with van der Waals surface area (Å²) in [6.45, 7) is 2.35. The Hall–Kier alpha value is -2.69. The van der Waals surface area contributed by atoms with Crippen molar-refractivity contribution in [2.45, 2.75) is 18.5 Å². The zero-order valence-corrected chi connectivity index (χ0v) is 18.2. The van der Waals surface area contributed by atoms with Crippen LogP contribution in [0.25, 0.3) is 22.4 Å². The van der Waals surface area contributed by atoms with Gasteiger partial charge in [-0.1, -0.05) is 41.6 Å². The van der Waals surface area contributed by atoms with Crippen LogP contribution in [0.5, 0.6) is 0 Å². The van der Waals surface area contributed by atoms with E-state index in [2.05, 4.69) is 14.9 Å². The normalized spacial score (nSPS) is 12.1. The van der Waals surface area contributed by atoms with Gasteiger partial charge in [0.25, 0.3) is 5.56 Å². The van der Waals surface area contributed by atoms with Crippen LogP contribution < -0.4 is 10.3 Å². The van der Waals surface area contributed by atoms with Crippen molar-refractivity contribution >= 4 is 38.5 Å². The first-order valence-corrected chi connectivity index (χ1v) is 12.3. The van der Waals surface area contributed by atoms with E-state index >= 15 is 0 Å². The molecule has 0 unspecified atom stereocenters. The van der Waals surface area contributed by atoms with Crippen LogP contribution in [-0.4, -0.2) is 46.1 Å². The fourth-order valence-corrected chi connectivity index (χ4v) is 4.59. The molecule has 0 radical (unpaired) electrons. The number of hydrogen-bond acceptors (Lipinski definition) is 6. The predicted octanol–water partition coefficient (Wildman–Crippen LogP) is 2.37. The molecule has 4 rings (SSSR count). The van der Waals surface area contributed by atoms with Crippen molar-refractivity contribution in [1.82, 2.24) is 23.9 Å². The third kappa shape index (κ3) is 4.11. The number of hydrogen-bond donors (Lipinski definition) is 1. The van der Waals surface area contributed by atoms with E-state index in [1.165, 1.54) is 11.8 Å². The highest BCUT2D eigenvalue weighted by atomic mass is 32.2. The van der Waals surface area contributed by atoms with E-state index < -0.39 is 10.0 Å². The highest BCUT2D eigenvalue weighted by Gasteiger charge is 2.17. The molecule has 0 aliphatic rings. The smallest absolute Gasteiger partial charge is 0.267 e. The summed E-state index contributed by atoms with van der Waals surface area (Å²) in [4.78, 5) is 13.2. The van der Waals surface area contributed by atoms with Crippen LogP contribution in [0, 0.1) is 6.92 Å². The number of aryl methyl sites for hydroxylation is 1. The molecule has 4 aromatic rings. The van der Waals surface area contributed by atoms with Gasteiger partial charge < -0.3 is 0 Å². The van der Waals surface area contributed by atoms with Crippen LogP contribution in [0.2, 0.25) is 0 Å². The number of fused-ring (bicyclic) bond motifs is 3. The summed E-state index contributed by atoms with van der Waals surface area (Å²) < 4.78 is 28.3. The first-order chi connectivity index (χ1) is 14.3. The Morgan fingerprint density at radius 2 is 1.80 bits per heavy atom. The van der Waals surface area contributed by atoms with E-state index in [9.17, 15) is 13.2 Å². The molecule has 156 valence electrons. The highest BCUT2D eigenvalue weighted by molar-refractivity contribution is 7.99. The van der Waals surface area contributed by atoms with Gasteiger partial charge in [-0.3, -0.25) is 9.20 Å². The quantitative estimate of drug-likeness (QED) is 0.348. The maximum atomic E-state index is 13.2. The third-order valence-electron chi connectivity index (χ3n) is 4.60. The van der Waals surface area contributed by atoms with Crippen molar-refractivity contribution in [3.05, 3.63) is 64.4 Å². The molecule has 0 saturated carbocycles. The first kappa shape index (κ1) is 20.6. The van der Waals surface area contributed by atoms with Crippen molar-refractivity contribution < 1.29 is 8.42 Å². The Morgan fingerprint density at radius 3 is 2.53 bits per heavy atom. The van der Waals surface area contributed by atoms with Crippen LogP contribution >= 0.6 is 11.8 Å². The Balaban J connectivity index is 1.77. The van der Waals surface area contributed by atoms with Gasteiger partial charge in [-0.2, -0.15) is 0 Å². The molecule has 2 heterocycles. The van der Waals surface area contributed by atoms with E-state index in [1.807, 2.05) is 53.8 Å². The van der Waals surface area contributed by atoms with Gasteiger partial charge in [0.1, 0.15) is 0 Å². The summed E-state index contributed by atoms with van der Waals surface area (Å²) in [6.07, 6.45) is 1.78. The number of para-hydroxylation sites is 1. The minimum Gasteiger partial charge on any atom is -0.268 e. The fourth-order valence-electron chi connectivity index (χ4n) is 3.19. The molecule has 30 heavy (non-hydrogen) atoms. The molecule has 8 nitrogen and oxygen atoms in total. The molecule has 0 aliphatic heterocycles. The third-order valence-corrected chi connectivity index (χ3v) is 6.35. The van der Waals surface area contributed by atoms with Gasteiger partial charge in [-0.15, -0.1) is 10.2 Å². The lowest BCUT2D eigenvalue weighted by molar-refractivity contribution is 0.587. The largest absolute Gasteiger partial charge is 0.268 e. The van der Waals surface area contributed by atoms with E-state index in [1.54, 1.807) is 10.6 Å². The maximum absolute atomic E-state index is 13.2. The van der Waals surface area contributed by atoms with Gasteiger partial charge in [-0.25, -0.2) is 17.7 Å². The molecule has 0 saturated heterocycles. The molecular formula is C20H21N5O3S2. The molecule has 2 aromatic heterocycles. The second-order valence-electron chi connectivity index (χ2n) is 6.98. The molecule has 0 atom stereocenters. The summed E-state index contributed by atoms with van der Waals surface area (Å²) in [5, 5.41) is 9.85. The maximum Gasteiger partial charge on any atom is 0.267 e. The summed E-state index contributed by atoms with van der Waals surface area (Å²) in [7, 11) is -3.20. The van der Waals surface area contributed by atoms with Crippen LogP contribution in [-0.2, 0) is 10.0 Å². The van der Waals surface area contributed by atoms with Crippen LogP contribution in [0.1, 0.15) is 12.0 Å². The second kappa shape index (κ2) is 8.21. The van der Waals surface area contributed by atoms with E-state index in [4.69, 9.17) is 0 Å². The molecule has 0 aliphatic carbocycles. The molecular weight excluding hydrogens is 422 g/mol. The van der Waals surface area contributed by atoms with Crippen molar-refractivity contribution in [2.24, 2.45) is 0 Å². The average Bonchev–Trinajstić information content (AvgIpc) is 3.12. The molecule has 10 heteroatoms. The van der Waals surface area contributed by atoms with Gasteiger partial charge in [-0.05, 0) is 37.6 Å². The zero-order chi connectivity index (χ0) is 21.3. The number of aromatic nitrogens is 4. The van der Waals surface area contributed by atoms with Gasteiger partial charge >= 0.3 is 0 Å².